The van der Waals surface area contributed by atoms with E-state index in [1.54, 1.807) is 12.4 Å². The molecule has 0 aliphatic heterocycles. The predicted octanol–water partition coefficient (Wildman–Crippen LogP) is 3.57. The van der Waals surface area contributed by atoms with E-state index < -0.39 is 0 Å². The van der Waals surface area contributed by atoms with Gasteiger partial charge < -0.3 is 10.6 Å². The van der Waals surface area contributed by atoms with E-state index in [0.717, 1.165) is 18.8 Å². The number of hydrogen-bond acceptors (Lipinski definition) is 3. The van der Waals surface area contributed by atoms with Crippen molar-refractivity contribution in [3.8, 4) is 0 Å². The van der Waals surface area contributed by atoms with E-state index in [1.807, 2.05) is 42.5 Å². The minimum atomic E-state index is 0.0317. The molecule has 0 fully saturated rings. The lowest BCUT2D eigenvalue weighted by molar-refractivity contribution is 0.797. The summed E-state index contributed by atoms with van der Waals surface area (Å²) in [4.78, 5) is 6.34. The van der Waals surface area contributed by atoms with Gasteiger partial charge in [0.1, 0.15) is 5.84 Å². The Kier molecular flexibility index (Phi) is 4.87. The number of pyridine rings is 1. The number of benzene rings is 2. The molecular weight excluding hydrogens is 296 g/mol. The third-order valence-corrected chi connectivity index (χ3v) is 3.86. The highest BCUT2D eigenvalue weighted by atomic mass is 15.1. The number of anilines is 1. The third-order valence-electron chi connectivity index (χ3n) is 3.86. The Morgan fingerprint density at radius 2 is 1.42 bits per heavy atom. The maximum Gasteiger partial charge on any atom is 0.126 e. The maximum atomic E-state index is 7.84. The number of rotatable bonds is 6. The second-order valence-corrected chi connectivity index (χ2v) is 5.63. The van der Waals surface area contributed by atoms with E-state index in [9.17, 15) is 0 Å². The number of hydrogen-bond donors (Lipinski definition) is 2. The molecule has 0 aliphatic rings. The van der Waals surface area contributed by atoms with Crippen LogP contribution < -0.4 is 10.6 Å². The third kappa shape index (κ3) is 3.79. The summed E-state index contributed by atoms with van der Waals surface area (Å²) in [7, 11) is 0. The Balaban J connectivity index is 1.97. The standard InChI is InChI=1S/C20H20N4/c21-20(22)18-13-23-12-11-19(18)24(14-16-7-3-1-4-8-16)15-17-9-5-2-6-10-17/h1-13H,14-15H2,(H3,21,22). The molecule has 4 heteroatoms. The van der Waals surface area contributed by atoms with Crippen LogP contribution >= 0.6 is 0 Å². The quantitative estimate of drug-likeness (QED) is 0.539. The smallest absolute Gasteiger partial charge is 0.126 e. The lowest BCUT2D eigenvalue weighted by atomic mass is 10.1. The molecule has 3 N–H and O–H groups in total. The molecule has 0 spiro atoms. The fourth-order valence-electron chi connectivity index (χ4n) is 2.70. The molecule has 120 valence electrons. The zero-order chi connectivity index (χ0) is 16.8. The van der Waals surface area contributed by atoms with Crippen molar-refractivity contribution in [2.45, 2.75) is 13.1 Å². The van der Waals surface area contributed by atoms with Gasteiger partial charge in [0, 0.05) is 25.5 Å². The topological polar surface area (TPSA) is 66.0 Å². The first-order valence-electron chi connectivity index (χ1n) is 7.85. The predicted molar refractivity (Wildman–Crippen MR) is 98.0 cm³/mol. The fourth-order valence-corrected chi connectivity index (χ4v) is 2.70. The zero-order valence-electron chi connectivity index (χ0n) is 13.4. The fraction of sp³-hybridized carbons (Fsp3) is 0.100. The van der Waals surface area contributed by atoms with E-state index in [4.69, 9.17) is 11.1 Å². The molecule has 0 saturated heterocycles. The summed E-state index contributed by atoms with van der Waals surface area (Å²) in [5.41, 5.74) is 9.75. The Labute approximate surface area is 142 Å². The molecule has 24 heavy (non-hydrogen) atoms. The van der Waals surface area contributed by atoms with Crippen LogP contribution in [0, 0.1) is 5.41 Å². The highest BCUT2D eigenvalue weighted by molar-refractivity contribution is 6.00. The van der Waals surface area contributed by atoms with Gasteiger partial charge in [-0.1, -0.05) is 60.7 Å². The highest BCUT2D eigenvalue weighted by Crippen LogP contribution is 2.23. The highest BCUT2D eigenvalue weighted by Gasteiger charge is 2.14. The molecule has 0 radical (unpaired) electrons. The second kappa shape index (κ2) is 7.42. The average molecular weight is 316 g/mol. The van der Waals surface area contributed by atoms with Crippen molar-refractivity contribution >= 4 is 11.5 Å². The number of nitrogens with two attached hydrogens (primary N) is 1. The molecule has 3 aromatic rings. The van der Waals surface area contributed by atoms with Crippen molar-refractivity contribution in [3.05, 3.63) is 95.8 Å². The first kappa shape index (κ1) is 15.7. The normalized spacial score (nSPS) is 10.3. The monoisotopic (exact) mass is 316 g/mol. The van der Waals surface area contributed by atoms with Gasteiger partial charge in [0.25, 0.3) is 0 Å². The van der Waals surface area contributed by atoms with E-state index in [1.165, 1.54) is 11.1 Å². The number of nitrogens with zero attached hydrogens (tertiary/aromatic N) is 2. The summed E-state index contributed by atoms with van der Waals surface area (Å²) in [6, 6.07) is 22.5. The number of amidine groups is 1. The molecule has 1 heterocycles. The van der Waals surface area contributed by atoms with Crippen LogP contribution in [-0.4, -0.2) is 10.8 Å². The van der Waals surface area contributed by atoms with Crippen molar-refractivity contribution < 1.29 is 0 Å². The summed E-state index contributed by atoms with van der Waals surface area (Å²) in [5.74, 6) is 0.0317. The molecule has 0 bridgehead atoms. The molecular formula is C20H20N4. The molecule has 2 aromatic carbocycles. The molecule has 1 aromatic heterocycles. The number of aromatic nitrogens is 1. The first-order chi connectivity index (χ1) is 11.7. The minimum absolute atomic E-state index is 0.0317. The summed E-state index contributed by atoms with van der Waals surface area (Å²) in [6.45, 7) is 1.47. The van der Waals surface area contributed by atoms with Crippen molar-refractivity contribution in [2.75, 3.05) is 4.90 Å². The first-order valence-corrected chi connectivity index (χ1v) is 7.85. The van der Waals surface area contributed by atoms with Crippen LogP contribution in [0.1, 0.15) is 16.7 Å². The van der Waals surface area contributed by atoms with E-state index in [2.05, 4.69) is 34.1 Å². The Morgan fingerprint density at radius 1 is 0.875 bits per heavy atom. The van der Waals surface area contributed by atoms with Crippen molar-refractivity contribution in [1.82, 2.24) is 4.98 Å². The second-order valence-electron chi connectivity index (χ2n) is 5.63. The molecule has 0 atom stereocenters. The van der Waals surface area contributed by atoms with Gasteiger partial charge in [0.05, 0.1) is 11.3 Å². The summed E-state index contributed by atoms with van der Waals surface area (Å²) in [6.07, 6.45) is 3.39. The van der Waals surface area contributed by atoms with Crippen LogP contribution in [-0.2, 0) is 13.1 Å². The van der Waals surface area contributed by atoms with Crippen LogP contribution in [0.5, 0.6) is 0 Å². The van der Waals surface area contributed by atoms with Gasteiger partial charge in [0.15, 0.2) is 0 Å². The largest absolute Gasteiger partial charge is 0.384 e. The number of nitrogens with one attached hydrogen (secondary N) is 1. The van der Waals surface area contributed by atoms with Crippen LogP contribution in [0.2, 0.25) is 0 Å². The van der Waals surface area contributed by atoms with Crippen molar-refractivity contribution in [3.63, 3.8) is 0 Å². The molecule has 0 saturated carbocycles. The lowest BCUT2D eigenvalue weighted by Gasteiger charge is -2.27. The van der Waals surface area contributed by atoms with E-state index >= 15 is 0 Å². The van der Waals surface area contributed by atoms with Crippen LogP contribution in [0.4, 0.5) is 5.69 Å². The molecule has 3 rings (SSSR count). The Morgan fingerprint density at radius 3 is 1.92 bits per heavy atom. The van der Waals surface area contributed by atoms with Gasteiger partial charge in [-0.25, -0.2) is 0 Å². The lowest BCUT2D eigenvalue weighted by Crippen LogP contribution is -2.26. The maximum absolute atomic E-state index is 7.84. The van der Waals surface area contributed by atoms with Gasteiger partial charge in [-0.05, 0) is 17.2 Å². The van der Waals surface area contributed by atoms with Crippen LogP contribution in [0.15, 0.2) is 79.1 Å². The average Bonchev–Trinajstić information content (AvgIpc) is 2.63. The Bertz CT molecular complexity index is 759. The van der Waals surface area contributed by atoms with E-state index in [0.29, 0.717) is 5.56 Å². The summed E-state index contributed by atoms with van der Waals surface area (Å²) < 4.78 is 0. The SMILES string of the molecule is N=C(N)c1cnccc1N(Cc1ccccc1)Cc1ccccc1. The summed E-state index contributed by atoms with van der Waals surface area (Å²) in [5, 5.41) is 7.84. The van der Waals surface area contributed by atoms with Crippen molar-refractivity contribution in [1.29, 1.82) is 5.41 Å². The van der Waals surface area contributed by atoms with Crippen LogP contribution in [0.25, 0.3) is 0 Å². The van der Waals surface area contributed by atoms with Gasteiger partial charge in [-0.15, -0.1) is 0 Å². The molecule has 4 nitrogen and oxygen atoms in total. The number of nitrogen functional groups attached to an aromatic ring is 1. The molecule has 0 amide bonds. The molecule has 0 unspecified atom stereocenters. The minimum Gasteiger partial charge on any atom is -0.384 e. The zero-order valence-corrected chi connectivity index (χ0v) is 13.4. The Hall–Kier alpha value is -3.14. The van der Waals surface area contributed by atoms with Crippen molar-refractivity contribution in [2.24, 2.45) is 5.73 Å². The molecule has 0 aliphatic carbocycles. The van der Waals surface area contributed by atoms with E-state index in [-0.39, 0.29) is 5.84 Å². The van der Waals surface area contributed by atoms with Gasteiger partial charge in [-0.2, -0.15) is 0 Å². The van der Waals surface area contributed by atoms with Crippen LogP contribution in [0.3, 0.4) is 0 Å². The van der Waals surface area contributed by atoms with Gasteiger partial charge in [-0.3, -0.25) is 10.4 Å². The van der Waals surface area contributed by atoms with Gasteiger partial charge >= 0.3 is 0 Å². The van der Waals surface area contributed by atoms with Gasteiger partial charge in [0.2, 0.25) is 0 Å². The summed E-state index contributed by atoms with van der Waals surface area (Å²) >= 11 is 0.